The molecule has 3 nitrogen and oxygen atoms in total. The van der Waals surface area contributed by atoms with Gasteiger partial charge in [0.2, 0.25) is 0 Å². The molecule has 0 radical (unpaired) electrons. The average molecular weight is 194 g/mol. The maximum Gasteiger partial charge on any atom is 0.117 e. The molecule has 1 aliphatic heterocycles. The van der Waals surface area contributed by atoms with E-state index in [4.69, 9.17) is 4.42 Å². The number of hydrogen-bond donors (Lipinski definition) is 2. The monoisotopic (exact) mass is 194 g/mol. The lowest BCUT2D eigenvalue weighted by Crippen LogP contribution is -2.29. The Labute approximate surface area is 84.9 Å². The third-order valence-electron chi connectivity index (χ3n) is 2.72. The zero-order chi connectivity index (χ0) is 9.64. The Morgan fingerprint density at radius 1 is 1.43 bits per heavy atom. The molecule has 0 bridgehead atoms. The zero-order valence-electron chi connectivity index (χ0n) is 8.46. The second-order valence-electron chi connectivity index (χ2n) is 3.84. The minimum Gasteiger partial charge on any atom is -0.468 e. The SMILES string of the molecule is c1coc(CNC2CCCNCC2)c1. The fourth-order valence-electron chi connectivity index (χ4n) is 1.88. The zero-order valence-corrected chi connectivity index (χ0v) is 8.46. The molecule has 1 aliphatic rings. The number of furan rings is 1. The number of rotatable bonds is 3. The Kier molecular flexibility index (Phi) is 3.60. The van der Waals surface area contributed by atoms with Crippen LogP contribution in [-0.2, 0) is 6.54 Å². The van der Waals surface area contributed by atoms with Crippen molar-refractivity contribution >= 4 is 0 Å². The predicted octanol–water partition coefficient (Wildman–Crippen LogP) is 1.51. The van der Waals surface area contributed by atoms with Crippen LogP contribution < -0.4 is 10.6 Å². The van der Waals surface area contributed by atoms with Gasteiger partial charge in [-0.2, -0.15) is 0 Å². The average Bonchev–Trinajstić information content (AvgIpc) is 2.58. The molecule has 1 saturated heterocycles. The van der Waals surface area contributed by atoms with Crippen LogP contribution in [0.25, 0.3) is 0 Å². The minimum atomic E-state index is 0.648. The Hall–Kier alpha value is -0.800. The molecule has 78 valence electrons. The van der Waals surface area contributed by atoms with E-state index >= 15 is 0 Å². The summed E-state index contributed by atoms with van der Waals surface area (Å²) in [6.45, 7) is 3.16. The van der Waals surface area contributed by atoms with Crippen molar-refractivity contribution in [1.29, 1.82) is 0 Å². The first-order valence-corrected chi connectivity index (χ1v) is 5.41. The summed E-state index contributed by atoms with van der Waals surface area (Å²) >= 11 is 0. The first-order valence-electron chi connectivity index (χ1n) is 5.41. The number of nitrogens with one attached hydrogen (secondary N) is 2. The molecule has 0 spiro atoms. The van der Waals surface area contributed by atoms with E-state index in [0.717, 1.165) is 18.8 Å². The summed E-state index contributed by atoms with van der Waals surface area (Å²) in [5.74, 6) is 1.03. The second-order valence-corrected chi connectivity index (χ2v) is 3.84. The van der Waals surface area contributed by atoms with Crippen molar-refractivity contribution in [3.8, 4) is 0 Å². The third-order valence-corrected chi connectivity index (χ3v) is 2.72. The Morgan fingerprint density at radius 2 is 2.43 bits per heavy atom. The highest BCUT2D eigenvalue weighted by Crippen LogP contribution is 2.07. The van der Waals surface area contributed by atoms with Gasteiger partial charge in [0.15, 0.2) is 0 Å². The molecule has 1 unspecified atom stereocenters. The molecule has 14 heavy (non-hydrogen) atoms. The first-order chi connectivity index (χ1) is 6.95. The van der Waals surface area contributed by atoms with Gasteiger partial charge in [0, 0.05) is 6.04 Å². The van der Waals surface area contributed by atoms with Gasteiger partial charge in [-0.3, -0.25) is 0 Å². The van der Waals surface area contributed by atoms with Crippen molar-refractivity contribution in [3.05, 3.63) is 24.2 Å². The van der Waals surface area contributed by atoms with Crippen molar-refractivity contribution in [3.63, 3.8) is 0 Å². The van der Waals surface area contributed by atoms with Gasteiger partial charge in [-0.25, -0.2) is 0 Å². The van der Waals surface area contributed by atoms with E-state index in [1.54, 1.807) is 6.26 Å². The molecule has 1 aromatic heterocycles. The molecule has 1 atom stereocenters. The molecule has 0 aliphatic carbocycles. The van der Waals surface area contributed by atoms with Crippen LogP contribution in [0.15, 0.2) is 22.8 Å². The van der Waals surface area contributed by atoms with Crippen LogP contribution in [0.4, 0.5) is 0 Å². The van der Waals surface area contributed by atoms with Gasteiger partial charge in [0.25, 0.3) is 0 Å². The smallest absolute Gasteiger partial charge is 0.117 e. The Balaban J connectivity index is 1.73. The molecule has 2 rings (SSSR count). The van der Waals surface area contributed by atoms with Crippen molar-refractivity contribution in [2.45, 2.75) is 31.8 Å². The van der Waals surface area contributed by atoms with E-state index in [0.29, 0.717) is 6.04 Å². The largest absolute Gasteiger partial charge is 0.468 e. The van der Waals surface area contributed by atoms with Crippen LogP contribution in [0.3, 0.4) is 0 Å². The fraction of sp³-hybridized carbons (Fsp3) is 0.636. The van der Waals surface area contributed by atoms with Gasteiger partial charge < -0.3 is 15.1 Å². The lowest BCUT2D eigenvalue weighted by molar-refractivity contribution is 0.421. The maximum atomic E-state index is 5.28. The van der Waals surface area contributed by atoms with Crippen LogP contribution in [0.1, 0.15) is 25.0 Å². The van der Waals surface area contributed by atoms with Gasteiger partial charge in [0.1, 0.15) is 5.76 Å². The fourth-order valence-corrected chi connectivity index (χ4v) is 1.88. The Bertz CT molecular complexity index is 238. The first kappa shape index (κ1) is 9.74. The summed E-state index contributed by atoms with van der Waals surface area (Å²) in [7, 11) is 0. The molecule has 1 aromatic rings. The lowest BCUT2D eigenvalue weighted by Gasteiger charge is -2.14. The van der Waals surface area contributed by atoms with Crippen molar-refractivity contribution in [2.24, 2.45) is 0 Å². The standard InChI is InChI=1S/C11H18N2O/c1-3-10(5-7-12-6-1)13-9-11-4-2-8-14-11/h2,4,8,10,12-13H,1,3,5-7,9H2. The molecule has 0 amide bonds. The van der Waals surface area contributed by atoms with Crippen LogP contribution >= 0.6 is 0 Å². The van der Waals surface area contributed by atoms with Crippen LogP contribution in [0.5, 0.6) is 0 Å². The van der Waals surface area contributed by atoms with Gasteiger partial charge in [-0.1, -0.05) is 0 Å². The van der Waals surface area contributed by atoms with Crippen LogP contribution in [0, 0.1) is 0 Å². The number of hydrogen-bond acceptors (Lipinski definition) is 3. The Morgan fingerprint density at radius 3 is 3.29 bits per heavy atom. The van der Waals surface area contributed by atoms with Gasteiger partial charge >= 0.3 is 0 Å². The molecule has 0 aromatic carbocycles. The second kappa shape index (κ2) is 5.17. The van der Waals surface area contributed by atoms with E-state index in [9.17, 15) is 0 Å². The third kappa shape index (κ3) is 2.86. The topological polar surface area (TPSA) is 37.2 Å². The molecule has 1 fully saturated rings. The molecule has 2 heterocycles. The van der Waals surface area contributed by atoms with E-state index in [-0.39, 0.29) is 0 Å². The molecular weight excluding hydrogens is 176 g/mol. The quantitative estimate of drug-likeness (QED) is 0.766. The summed E-state index contributed by atoms with van der Waals surface area (Å²) in [6, 6.07) is 4.60. The lowest BCUT2D eigenvalue weighted by atomic mass is 10.1. The molecule has 0 saturated carbocycles. The van der Waals surface area contributed by atoms with E-state index in [2.05, 4.69) is 10.6 Å². The normalized spacial score (nSPS) is 23.3. The molecule has 2 N–H and O–H groups in total. The van der Waals surface area contributed by atoms with Crippen molar-refractivity contribution in [2.75, 3.05) is 13.1 Å². The van der Waals surface area contributed by atoms with E-state index < -0.39 is 0 Å². The summed E-state index contributed by atoms with van der Waals surface area (Å²) in [5, 5.41) is 6.94. The van der Waals surface area contributed by atoms with E-state index in [1.165, 1.54) is 25.8 Å². The molecular formula is C11H18N2O. The predicted molar refractivity (Wildman–Crippen MR) is 56.1 cm³/mol. The van der Waals surface area contributed by atoms with Crippen molar-refractivity contribution in [1.82, 2.24) is 10.6 Å². The summed E-state index contributed by atoms with van der Waals surface area (Å²) in [6.07, 6.45) is 5.50. The van der Waals surface area contributed by atoms with Gasteiger partial charge in [0.05, 0.1) is 12.8 Å². The van der Waals surface area contributed by atoms with Crippen LogP contribution in [0.2, 0.25) is 0 Å². The van der Waals surface area contributed by atoms with Crippen LogP contribution in [-0.4, -0.2) is 19.1 Å². The molecule has 3 heteroatoms. The summed E-state index contributed by atoms with van der Waals surface area (Å²) < 4.78 is 5.28. The van der Waals surface area contributed by atoms with Gasteiger partial charge in [-0.15, -0.1) is 0 Å². The summed E-state index contributed by atoms with van der Waals surface area (Å²) in [5.41, 5.74) is 0. The van der Waals surface area contributed by atoms with Gasteiger partial charge in [-0.05, 0) is 44.5 Å². The van der Waals surface area contributed by atoms with E-state index in [1.807, 2.05) is 12.1 Å². The highest BCUT2D eigenvalue weighted by atomic mass is 16.3. The maximum absolute atomic E-state index is 5.28. The highest BCUT2D eigenvalue weighted by molar-refractivity contribution is 4.97. The highest BCUT2D eigenvalue weighted by Gasteiger charge is 2.10. The van der Waals surface area contributed by atoms with Crippen molar-refractivity contribution < 1.29 is 4.42 Å². The summed E-state index contributed by atoms with van der Waals surface area (Å²) in [4.78, 5) is 0. The minimum absolute atomic E-state index is 0.648.